The number of ether oxygens (including phenoxy) is 1. The van der Waals surface area contributed by atoms with E-state index < -0.39 is 0 Å². The van der Waals surface area contributed by atoms with Gasteiger partial charge in [-0.2, -0.15) is 11.8 Å². The third-order valence-corrected chi connectivity index (χ3v) is 8.01. The molecule has 6 rings (SSSR count). The van der Waals surface area contributed by atoms with E-state index in [0.29, 0.717) is 12.5 Å². The number of anilines is 1. The normalized spacial score (nSPS) is 25.4. The van der Waals surface area contributed by atoms with Crippen molar-refractivity contribution < 1.29 is 31.2 Å². The van der Waals surface area contributed by atoms with Crippen molar-refractivity contribution >= 4 is 29.2 Å². The van der Waals surface area contributed by atoms with Gasteiger partial charge in [-0.1, -0.05) is 48.5 Å². The molecule has 4 aliphatic heterocycles. The Labute approximate surface area is 213 Å². The number of fused-ring (bicyclic) bond motifs is 3. The average Bonchev–Trinajstić information content (AvgIpc) is 2.86. The van der Waals surface area contributed by atoms with Gasteiger partial charge < -0.3 is 26.5 Å². The molecule has 0 aliphatic carbocycles. The van der Waals surface area contributed by atoms with Gasteiger partial charge in [-0.3, -0.25) is 9.59 Å². The van der Waals surface area contributed by atoms with E-state index in [0.717, 1.165) is 42.5 Å². The Kier molecular flexibility index (Phi) is 9.86. The number of para-hydroxylation sites is 1. The molecule has 2 aromatic rings. The van der Waals surface area contributed by atoms with Gasteiger partial charge in [0.25, 0.3) is 0 Å². The van der Waals surface area contributed by atoms with Gasteiger partial charge in [-0.15, -0.1) is 0 Å². The molecule has 1 atom stereocenters. The highest BCUT2D eigenvalue weighted by Gasteiger charge is 2.48. The lowest BCUT2D eigenvalue weighted by Gasteiger charge is -2.51. The van der Waals surface area contributed by atoms with Crippen LogP contribution in [-0.4, -0.2) is 73.1 Å². The molecular weight excluding hydrogens is 468 g/mol. The summed E-state index contributed by atoms with van der Waals surface area (Å²) < 4.78 is 6.25. The number of esters is 1. The number of carbonyl (C=O) groups is 2. The number of thioether (sulfide) groups is 1. The average molecular weight is 503 g/mol. The SMILES string of the molecule is CC(=O)O[C@H]1C[N+]2(CC(=O)c3ccccc3)CCC1CC2.[Cl-].c1ccc(N2CCSCC2)cc1. The van der Waals surface area contributed by atoms with E-state index in [1.807, 2.05) is 30.3 Å². The van der Waals surface area contributed by atoms with E-state index in [-0.39, 0.29) is 30.3 Å². The minimum atomic E-state index is -0.207. The molecule has 0 N–H and O–H groups in total. The Morgan fingerprint density at radius 3 is 2.15 bits per heavy atom. The molecule has 0 amide bonds. The molecule has 2 aromatic carbocycles. The lowest BCUT2D eigenvalue weighted by molar-refractivity contribution is -0.938. The summed E-state index contributed by atoms with van der Waals surface area (Å²) in [6, 6.07) is 20.1. The molecule has 0 unspecified atom stereocenters. The van der Waals surface area contributed by atoms with Crippen LogP contribution in [-0.2, 0) is 9.53 Å². The zero-order valence-electron chi connectivity index (χ0n) is 19.9. The maximum absolute atomic E-state index is 12.5. The Balaban J connectivity index is 0.000000212. The molecule has 0 spiro atoms. The van der Waals surface area contributed by atoms with Crippen LogP contribution in [0.5, 0.6) is 0 Å². The molecule has 4 saturated heterocycles. The van der Waals surface area contributed by atoms with Gasteiger partial charge in [0, 0.05) is 61.5 Å². The van der Waals surface area contributed by atoms with E-state index in [1.54, 1.807) is 0 Å². The summed E-state index contributed by atoms with van der Waals surface area (Å²) in [4.78, 5) is 26.2. The van der Waals surface area contributed by atoms with Crippen molar-refractivity contribution in [1.29, 1.82) is 0 Å². The molecule has 0 aromatic heterocycles. The van der Waals surface area contributed by atoms with Crippen LogP contribution in [0.2, 0.25) is 0 Å². The van der Waals surface area contributed by atoms with Crippen LogP contribution in [0.3, 0.4) is 0 Å². The van der Waals surface area contributed by atoms with Crippen molar-refractivity contribution in [2.75, 3.05) is 55.7 Å². The number of hydrogen-bond donors (Lipinski definition) is 0. The molecule has 2 bridgehead atoms. The maximum Gasteiger partial charge on any atom is 0.303 e. The molecule has 0 radical (unpaired) electrons. The Bertz CT molecular complexity index is 914. The third-order valence-electron chi connectivity index (χ3n) is 7.07. The van der Waals surface area contributed by atoms with Crippen LogP contribution in [0.4, 0.5) is 5.69 Å². The molecular formula is C27H35ClN2O3S. The molecule has 4 fully saturated rings. The first-order valence-electron chi connectivity index (χ1n) is 12.0. The predicted molar refractivity (Wildman–Crippen MR) is 135 cm³/mol. The van der Waals surface area contributed by atoms with Gasteiger partial charge in [0.2, 0.25) is 5.78 Å². The fraction of sp³-hybridized carbons (Fsp3) is 0.481. The second kappa shape index (κ2) is 12.6. The number of hydrogen-bond acceptors (Lipinski definition) is 5. The molecule has 4 heterocycles. The number of rotatable bonds is 5. The highest BCUT2D eigenvalue weighted by Crippen LogP contribution is 2.35. The smallest absolute Gasteiger partial charge is 0.303 e. The van der Waals surface area contributed by atoms with E-state index in [9.17, 15) is 9.59 Å². The predicted octanol–water partition coefficient (Wildman–Crippen LogP) is 1.29. The lowest BCUT2D eigenvalue weighted by atomic mass is 9.83. The largest absolute Gasteiger partial charge is 1.00 e. The van der Waals surface area contributed by atoms with E-state index in [1.165, 1.54) is 37.2 Å². The molecule has 184 valence electrons. The minimum absolute atomic E-state index is 0. The van der Waals surface area contributed by atoms with Crippen molar-refractivity contribution in [1.82, 2.24) is 0 Å². The van der Waals surface area contributed by atoms with Crippen LogP contribution >= 0.6 is 11.8 Å². The highest BCUT2D eigenvalue weighted by atomic mass is 35.5. The van der Waals surface area contributed by atoms with Gasteiger partial charge in [-0.25, -0.2) is 0 Å². The number of halogens is 1. The second-order valence-corrected chi connectivity index (χ2v) is 10.6. The fourth-order valence-corrected chi connectivity index (χ4v) is 6.17. The van der Waals surface area contributed by atoms with Crippen LogP contribution < -0.4 is 17.3 Å². The zero-order valence-corrected chi connectivity index (χ0v) is 21.5. The van der Waals surface area contributed by atoms with Gasteiger partial charge >= 0.3 is 5.97 Å². The number of ketones is 1. The Morgan fingerprint density at radius 2 is 1.56 bits per heavy atom. The summed E-state index contributed by atoms with van der Waals surface area (Å²) in [7, 11) is 0. The number of Topliss-reactive ketones (excluding diaryl/α,β-unsaturated/α-hetero) is 1. The molecule has 4 aliphatic rings. The van der Waals surface area contributed by atoms with Crippen LogP contribution in [0, 0.1) is 5.92 Å². The first-order chi connectivity index (χ1) is 16.0. The molecule has 0 saturated carbocycles. The van der Waals surface area contributed by atoms with Crippen molar-refractivity contribution in [3.05, 3.63) is 66.2 Å². The van der Waals surface area contributed by atoms with Gasteiger partial charge in [0.1, 0.15) is 13.1 Å². The quantitative estimate of drug-likeness (QED) is 0.350. The summed E-state index contributed by atoms with van der Waals surface area (Å²) in [6.07, 6.45) is 2.11. The Hall–Kier alpha value is -2.02. The first kappa shape index (κ1) is 26.6. The van der Waals surface area contributed by atoms with Crippen molar-refractivity contribution in [2.24, 2.45) is 5.92 Å². The third kappa shape index (κ3) is 7.00. The number of benzene rings is 2. The molecule has 34 heavy (non-hydrogen) atoms. The van der Waals surface area contributed by atoms with E-state index in [2.05, 4.69) is 47.0 Å². The number of quaternary nitrogens is 1. The molecule has 7 heteroatoms. The van der Waals surface area contributed by atoms with Gasteiger partial charge in [0.15, 0.2) is 6.10 Å². The lowest BCUT2D eigenvalue weighted by Crippen LogP contribution is -3.00. The summed E-state index contributed by atoms with van der Waals surface area (Å²) in [5.41, 5.74) is 2.15. The summed E-state index contributed by atoms with van der Waals surface area (Å²) in [5.74, 6) is 3.02. The van der Waals surface area contributed by atoms with Gasteiger partial charge in [0.05, 0.1) is 13.1 Å². The van der Waals surface area contributed by atoms with Crippen LogP contribution in [0.25, 0.3) is 0 Å². The first-order valence-corrected chi connectivity index (χ1v) is 13.2. The van der Waals surface area contributed by atoms with Crippen molar-refractivity contribution in [3.63, 3.8) is 0 Å². The zero-order chi connectivity index (χ0) is 23.1. The monoisotopic (exact) mass is 502 g/mol. The number of nitrogens with zero attached hydrogens (tertiary/aromatic N) is 2. The topological polar surface area (TPSA) is 46.6 Å². The van der Waals surface area contributed by atoms with Crippen molar-refractivity contribution in [2.45, 2.75) is 25.9 Å². The molecule has 5 nitrogen and oxygen atoms in total. The standard InChI is InChI=1S/C17H22NO3.C10H13NS.ClH/c1-13(19)21-17-12-18(9-7-15(17)8-10-18)11-16(20)14-5-3-2-4-6-14;1-2-4-10(5-3-1)11-6-8-12-9-7-11;/h2-6,15,17H,7-12H2,1H3;1-5H,6-9H2;1H/q+1;;/p-1/t15?,17-,18?;;/m0../s1. The highest BCUT2D eigenvalue weighted by molar-refractivity contribution is 7.99. The number of carbonyl (C=O) groups excluding carboxylic acids is 2. The van der Waals surface area contributed by atoms with Crippen LogP contribution in [0.15, 0.2) is 60.7 Å². The fourth-order valence-electron chi connectivity index (χ4n) is 5.27. The van der Waals surface area contributed by atoms with E-state index in [4.69, 9.17) is 4.74 Å². The van der Waals surface area contributed by atoms with Crippen molar-refractivity contribution in [3.8, 4) is 0 Å². The number of piperidine rings is 3. The Morgan fingerprint density at radius 1 is 0.971 bits per heavy atom. The van der Waals surface area contributed by atoms with Crippen LogP contribution in [0.1, 0.15) is 30.1 Å². The summed E-state index contributed by atoms with van der Waals surface area (Å²) in [5, 5.41) is 0. The second-order valence-electron chi connectivity index (χ2n) is 9.34. The summed E-state index contributed by atoms with van der Waals surface area (Å²) in [6.45, 7) is 7.25. The summed E-state index contributed by atoms with van der Waals surface area (Å²) >= 11 is 2.05. The maximum atomic E-state index is 12.5. The minimum Gasteiger partial charge on any atom is -1.00 e. The van der Waals surface area contributed by atoms with Gasteiger partial charge in [-0.05, 0) is 12.1 Å². The van der Waals surface area contributed by atoms with E-state index >= 15 is 0 Å².